The van der Waals surface area contributed by atoms with Crippen molar-refractivity contribution in [3.05, 3.63) is 102 Å². The van der Waals surface area contributed by atoms with Crippen LogP contribution in [-0.2, 0) is 30.4 Å². The van der Waals surface area contributed by atoms with E-state index in [0.717, 1.165) is 61.9 Å². The molecule has 9 rings (SSSR count). The van der Waals surface area contributed by atoms with Gasteiger partial charge in [0, 0.05) is 37.1 Å². The lowest BCUT2D eigenvalue weighted by atomic mass is 9.92. The predicted molar refractivity (Wildman–Crippen MR) is 243 cm³/mol. The van der Waals surface area contributed by atoms with Crippen LogP contribution in [0.2, 0.25) is 0 Å². The van der Waals surface area contributed by atoms with Crippen LogP contribution >= 0.6 is 0 Å². The molecule has 0 saturated carbocycles. The van der Waals surface area contributed by atoms with Gasteiger partial charge in [-0.3, -0.25) is 9.59 Å². The summed E-state index contributed by atoms with van der Waals surface area (Å²) in [6, 6.07) is 21.4. The lowest BCUT2D eigenvalue weighted by molar-refractivity contribution is -0.136. The van der Waals surface area contributed by atoms with Crippen molar-refractivity contribution in [2.45, 2.75) is 64.4 Å². The third kappa shape index (κ3) is 8.34. The summed E-state index contributed by atoms with van der Waals surface area (Å²) in [4.78, 5) is 73.4. The van der Waals surface area contributed by atoms with Crippen LogP contribution < -0.4 is 15.4 Å². The van der Waals surface area contributed by atoms with Crippen molar-refractivity contribution in [3.63, 3.8) is 0 Å². The number of alkyl carbamates (subject to hydrolysis) is 2. The van der Waals surface area contributed by atoms with Gasteiger partial charge in [-0.25, -0.2) is 19.6 Å². The van der Waals surface area contributed by atoms with E-state index in [1.807, 2.05) is 55.1 Å². The van der Waals surface area contributed by atoms with Gasteiger partial charge in [0.15, 0.2) is 0 Å². The number of amides is 4. The lowest BCUT2D eigenvalue weighted by Gasteiger charge is -2.30. The number of imidazole rings is 2. The van der Waals surface area contributed by atoms with E-state index in [0.29, 0.717) is 49.9 Å². The van der Waals surface area contributed by atoms with Crippen LogP contribution in [0.1, 0.15) is 74.5 Å². The number of fused-ring (bicyclic) bond motifs is 6. The number of carbonyl (C=O) groups is 4. The molecule has 4 aromatic carbocycles. The first-order valence-corrected chi connectivity index (χ1v) is 22.1. The minimum absolute atomic E-state index is 0.0924. The van der Waals surface area contributed by atoms with Crippen LogP contribution in [-0.4, -0.2) is 101 Å². The highest BCUT2D eigenvalue weighted by atomic mass is 16.5. The summed E-state index contributed by atoms with van der Waals surface area (Å²) in [6.45, 7) is 7.74. The zero-order chi connectivity index (χ0) is 45.5. The van der Waals surface area contributed by atoms with Crippen LogP contribution in [0.5, 0.6) is 5.75 Å². The molecule has 6 unspecified atom stereocenters. The third-order valence-electron chi connectivity index (χ3n) is 13.0. The smallest absolute Gasteiger partial charge is 0.407 e. The minimum Gasteiger partial charge on any atom is -0.488 e. The van der Waals surface area contributed by atoms with E-state index < -0.39 is 24.3 Å². The molecular weight excluding hydrogens is 829 g/mol. The number of aromatic nitrogens is 4. The van der Waals surface area contributed by atoms with Gasteiger partial charge in [-0.15, -0.1) is 0 Å². The number of methoxy groups -OCH3 is 3. The first kappa shape index (κ1) is 43.3. The molecule has 4 amide bonds. The lowest BCUT2D eigenvalue weighted by Crippen LogP contribution is -2.51. The fraction of sp³-hybridized carbons (Fsp3) is 0.388. The number of hydrogen-bond acceptors (Lipinski definition) is 10. The van der Waals surface area contributed by atoms with Crippen molar-refractivity contribution in [3.8, 4) is 28.1 Å². The number of hydrogen-bond donors (Lipinski definition) is 4. The number of carbonyl (C=O) groups excluding carboxylic acids is 4. The van der Waals surface area contributed by atoms with E-state index in [4.69, 9.17) is 28.9 Å². The third-order valence-corrected chi connectivity index (χ3v) is 13.0. The van der Waals surface area contributed by atoms with Crippen molar-refractivity contribution in [2.24, 2.45) is 17.8 Å². The van der Waals surface area contributed by atoms with Crippen molar-refractivity contribution in [2.75, 3.05) is 41.0 Å². The second-order valence-corrected chi connectivity index (χ2v) is 17.7. The number of rotatable bonds is 11. The maximum Gasteiger partial charge on any atom is 0.407 e. The maximum atomic E-state index is 14.2. The van der Waals surface area contributed by atoms with Gasteiger partial charge < -0.3 is 49.3 Å². The number of likely N-dealkylation sites (tertiary alicyclic amines) is 2. The number of H-pyrrole nitrogens is 2. The molecule has 4 N–H and O–H groups in total. The molecule has 338 valence electrons. The molecule has 16 nitrogen and oxygen atoms in total. The Morgan fingerprint density at radius 1 is 0.831 bits per heavy atom. The van der Waals surface area contributed by atoms with E-state index in [2.05, 4.69) is 63.9 Å². The average molecular weight is 883 g/mol. The molecule has 6 atom stereocenters. The Kier molecular flexibility index (Phi) is 11.9. The number of benzene rings is 4. The van der Waals surface area contributed by atoms with Gasteiger partial charge in [0.1, 0.15) is 36.1 Å². The number of nitrogens with zero attached hydrogens (tertiary/aromatic N) is 4. The molecule has 6 aromatic rings. The largest absolute Gasteiger partial charge is 0.488 e. The quantitative estimate of drug-likeness (QED) is 0.101. The summed E-state index contributed by atoms with van der Waals surface area (Å²) >= 11 is 0. The summed E-state index contributed by atoms with van der Waals surface area (Å²) in [6.07, 6.45) is 1.84. The molecule has 0 radical (unpaired) electrons. The highest BCUT2D eigenvalue weighted by Gasteiger charge is 2.42. The molecule has 16 heteroatoms. The average Bonchev–Trinajstić information content (AvgIpc) is 4.15. The fourth-order valence-electron chi connectivity index (χ4n) is 9.77. The van der Waals surface area contributed by atoms with Crippen LogP contribution in [0.3, 0.4) is 0 Å². The summed E-state index contributed by atoms with van der Waals surface area (Å²) in [5.74, 6) is 1.83. The van der Waals surface area contributed by atoms with Gasteiger partial charge in [-0.1, -0.05) is 69.3 Å². The van der Waals surface area contributed by atoms with Crippen molar-refractivity contribution >= 4 is 45.8 Å². The highest BCUT2D eigenvalue weighted by molar-refractivity contribution is 6.07. The van der Waals surface area contributed by atoms with E-state index in [9.17, 15) is 19.2 Å². The molecule has 65 heavy (non-hydrogen) atoms. The molecule has 0 bridgehead atoms. The number of aromatic amines is 2. The Hall–Kier alpha value is -6.94. The molecule has 5 heterocycles. The zero-order valence-electron chi connectivity index (χ0n) is 37.3. The second-order valence-electron chi connectivity index (χ2n) is 17.7. The first-order chi connectivity index (χ1) is 31.4. The van der Waals surface area contributed by atoms with Gasteiger partial charge in [-0.2, -0.15) is 0 Å². The summed E-state index contributed by atoms with van der Waals surface area (Å²) < 4.78 is 21.7. The Labute approximate surface area is 376 Å². The highest BCUT2D eigenvalue weighted by Crippen LogP contribution is 2.44. The van der Waals surface area contributed by atoms with Crippen LogP contribution in [0.25, 0.3) is 44.2 Å². The Bertz CT molecular complexity index is 2770. The normalized spacial score (nSPS) is 20.0. The van der Waals surface area contributed by atoms with E-state index >= 15 is 0 Å². The second kappa shape index (κ2) is 17.9. The summed E-state index contributed by atoms with van der Waals surface area (Å²) in [5.41, 5.74) is 7.11. The monoisotopic (exact) mass is 882 g/mol. The first-order valence-electron chi connectivity index (χ1n) is 22.1. The maximum absolute atomic E-state index is 14.2. The van der Waals surface area contributed by atoms with E-state index in [-0.39, 0.29) is 41.7 Å². The Balaban J connectivity index is 0.973. The molecule has 3 aliphatic heterocycles. The Morgan fingerprint density at radius 2 is 1.58 bits per heavy atom. The predicted octanol–water partition coefficient (Wildman–Crippen LogP) is 7.59. The van der Waals surface area contributed by atoms with Crippen molar-refractivity contribution in [1.29, 1.82) is 0 Å². The summed E-state index contributed by atoms with van der Waals surface area (Å²) in [5, 5.41) is 7.39. The number of ether oxygens (including phenoxy) is 4. The molecular formula is C49H54N8O8. The molecule has 2 aromatic heterocycles. The minimum atomic E-state index is -0.911. The zero-order valence-corrected chi connectivity index (χ0v) is 37.3. The van der Waals surface area contributed by atoms with Crippen LogP contribution in [0.4, 0.5) is 9.59 Å². The fourth-order valence-corrected chi connectivity index (χ4v) is 9.77. The molecule has 0 spiro atoms. The van der Waals surface area contributed by atoms with Gasteiger partial charge in [-0.05, 0) is 76.6 Å². The van der Waals surface area contributed by atoms with Gasteiger partial charge in [0.25, 0.3) is 5.91 Å². The van der Waals surface area contributed by atoms with Crippen molar-refractivity contribution in [1.82, 2.24) is 40.4 Å². The molecule has 2 fully saturated rings. The molecule has 3 aliphatic rings. The van der Waals surface area contributed by atoms with Gasteiger partial charge >= 0.3 is 12.2 Å². The van der Waals surface area contributed by atoms with E-state index in [1.165, 1.54) is 14.2 Å². The van der Waals surface area contributed by atoms with Gasteiger partial charge in [0.2, 0.25) is 5.91 Å². The Morgan fingerprint density at radius 3 is 2.34 bits per heavy atom. The van der Waals surface area contributed by atoms with Crippen molar-refractivity contribution < 1.29 is 38.1 Å². The van der Waals surface area contributed by atoms with Crippen LogP contribution in [0, 0.1) is 17.8 Å². The standard InChI is InChI=1S/C49H54N8O8/c1-26(2)41(54-48(60)63-5)46(58)57-23-28(24-62-4)17-39(57)45-51-36-15-13-30-19-35-33-14-12-31(18-32(33)25-65-40(35)20-34(30)43(36)53-45)37-21-50-44(52-37)38-16-27(3)22-56(38)47(59)42(55-49(61)64-6)29-10-8-7-9-11-29/h7-15,18-21,26-28,38-39,41-42H,16-17,22-25H2,1-6H3,(H,50,52)(H,51,53)(H,54,60)(H,55,61). The number of nitrogens with one attached hydrogen (secondary N) is 4. The molecule has 0 aliphatic carbocycles. The topological polar surface area (TPSA) is 193 Å². The summed E-state index contributed by atoms with van der Waals surface area (Å²) in [7, 11) is 4.23. The molecule has 2 saturated heterocycles. The van der Waals surface area contributed by atoms with Gasteiger partial charge in [0.05, 0.1) is 55.8 Å². The van der Waals surface area contributed by atoms with E-state index in [1.54, 1.807) is 18.2 Å². The van der Waals surface area contributed by atoms with Crippen LogP contribution in [0.15, 0.2) is 79.0 Å². The SMILES string of the molecule is COCC1CC(c2nc3c(ccc4cc5c(cc43)OCc3cc(-c4cnc(C6CC(C)CN6C(=O)C(NC(=O)OC)c6ccccc6)[nH]4)ccc3-5)[nH]2)N(C(=O)C(NC(=O)OC)C(C)C)C1.